The maximum absolute atomic E-state index is 11.4. The van der Waals surface area contributed by atoms with Crippen molar-refractivity contribution >= 4 is 16.9 Å². The molecule has 1 aliphatic rings. The lowest BCUT2D eigenvalue weighted by molar-refractivity contribution is 0.0996. The number of fused-ring (bicyclic) bond motifs is 1. The molecule has 1 atom stereocenters. The number of hydrogen-bond donors (Lipinski definition) is 3. The van der Waals surface area contributed by atoms with E-state index >= 15 is 0 Å². The average Bonchev–Trinajstić information content (AvgIpc) is 3.14. The second kappa shape index (κ2) is 5.85. The van der Waals surface area contributed by atoms with Crippen molar-refractivity contribution in [3.63, 3.8) is 0 Å². The fourth-order valence-corrected chi connectivity index (χ4v) is 3.27. The summed E-state index contributed by atoms with van der Waals surface area (Å²) in [4.78, 5) is 18.9. The Morgan fingerprint density at radius 3 is 3.00 bits per heavy atom. The van der Waals surface area contributed by atoms with Gasteiger partial charge in [0.05, 0.1) is 11.0 Å². The van der Waals surface area contributed by atoms with Gasteiger partial charge in [-0.25, -0.2) is 4.98 Å². The number of pyridine rings is 1. The van der Waals surface area contributed by atoms with Crippen molar-refractivity contribution in [3.05, 3.63) is 29.6 Å². The minimum Gasteiger partial charge on any atom is -0.364 e. The number of primary amides is 1. The summed E-state index contributed by atoms with van der Waals surface area (Å²) in [5, 5.41) is 3.59. The number of rotatable bonds is 5. The van der Waals surface area contributed by atoms with Crippen LogP contribution in [0.4, 0.5) is 0 Å². The van der Waals surface area contributed by atoms with E-state index in [0.717, 1.165) is 29.1 Å². The zero-order valence-electron chi connectivity index (χ0n) is 12.4. The molecule has 0 aromatic carbocycles. The summed E-state index contributed by atoms with van der Waals surface area (Å²) in [6.45, 7) is 2.97. The maximum Gasteiger partial charge on any atom is 0.267 e. The van der Waals surface area contributed by atoms with Crippen LogP contribution >= 0.6 is 0 Å². The van der Waals surface area contributed by atoms with Crippen molar-refractivity contribution in [1.29, 1.82) is 0 Å². The fraction of sp³-hybridized carbons (Fsp3) is 0.500. The monoisotopic (exact) mass is 286 g/mol. The van der Waals surface area contributed by atoms with Gasteiger partial charge in [-0.2, -0.15) is 0 Å². The molecule has 2 heterocycles. The Balaban J connectivity index is 1.78. The van der Waals surface area contributed by atoms with Crippen molar-refractivity contribution in [2.24, 2.45) is 11.7 Å². The summed E-state index contributed by atoms with van der Waals surface area (Å²) < 4.78 is 0. The van der Waals surface area contributed by atoms with E-state index in [1.165, 1.54) is 25.7 Å². The Hall–Kier alpha value is -1.88. The fourth-order valence-electron chi connectivity index (χ4n) is 3.27. The van der Waals surface area contributed by atoms with Crippen LogP contribution in [0.15, 0.2) is 18.3 Å². The summed E-state index contributed by atoms with van der Waals surface area (Å²) >= 11 is 0. The lowest BCUT2D eigenvalue weighted by Gasteiger charge is -2.20. The molecule has 2 aromatic rings. The van der Waals surface area contributed by atoms with Crippen LogP contribution in [0.5, 0.6) is 0 Å². The number of H-pyrrole nitrogens is 1. The second-order valence-corrected chi connectivity index (χ2v) is 5.98. The van der Waals surface area contributed by atoms with Crippen molar-refractivity contribution in [2.45, 2.75) is 45.2 Å². The Labute approximate surface area is 124 Å². The van der Waals surface area contributed by atoms with E-state index in [4.69, 9.17) is 5.73 Å². The molecule has 5 nitrogen and oxygen atoms in total. The molecule has 0 radical (unpaired) electrons. The van der Waals surface area contributed by atoms with Gasteiger partial charge < -0.3 is 16.0 Å². The zero-order valence-corrected chi connectivity index (χ0v) is 12.4. The summed E-state index contributed by atoms with van der Waals surface area (Å²) in [6, 6.07) is 4.14. The maximum atomic E-state index is 11.4. The lowest BCUT2D eigenvalue weighted by atomic mass is 9.99. The molecule has 0 unspecified atom stereocenters. The van der Waals surface area contributed by atoms with E-state index in [0.29, 0.717) is 11.7 Å². The predicted molar refractivity (Wildman–Crippen MR) is 82.9 cm³/mol. The van der Waals surface area contributed by atoms with Gasteiger partial charge in [0.1, 0.15) is 5.69 Å². The van der Waals surface area contributed by atoms with E-state index in [9.17, 15) is 4.79 Å². The average molecular weight is 286 g/mol. The molecule has 0 saturated heterocycles. The molecule has 0 spiro atoms. The molecule has 0 aliphatic heterocycles. The summed E-state index contributed by atoms with van der Waals surface area (Å²) in [6.07, 6.45) is 7.16. The summed E-state index contributed by atoms with van der Waals surface area (Å²) in [5.74, 6) is 0.282. The molecular formula is C16H22N4O. The van der Waals surface area contributed by atoms with Gasteiger partial charge in [0.15, 0.2) is 0 Å². The Bertz CT molecular complexity index is 643. The number of nitrogens with two attached hydrogens (primary N) is 1. The minimum absolute atomic E-state index is 0.326. The number of carbonyl (C=O) groups excluding carboxylic acids is 1. The number of hydrogen-bond acceptors (Lipinski definition) is 3. The summed E-state index contributed by atoms with van der Waals surface area (Å²) in [5.41, 5.74) is 8.50. The van der Waals surface area contributed by atoms with Gasteiger partial charge in [0, 0.05) is 18.8 Å². The van der Waals surface area contributed by atoms with E-state index in [2.05, 4.69) is 22.2 Å². The van der Waals surface area contributed by atoms with Gasteiger partial charge in [0.25, 0.3) is 5.91 Å². The van der Waals surface area contributed by atoms with Crippen molar-refractivity contribution in [1.82, 2.24) is 15.3 Å². The van der Waals surface area contributed by atoms with Gasteiger partial charge in [-0.15, -0.1) is 0 Å². The van der Waals surface area contributed by atoms with Crippen LogP contribution in [0.1, 0.15) is 48.7 Å². The van der Waals surface area contributed by atoms with E-state index in [1.54, 1.807) is 6.07 Å². The molecule has 0 bridgehead atoms. The Morgan fingerprint density at radius 2 is 2.29 bits per heavy atom. The largest absolute Gasteiger partial charge is 0.364 e. The second-order valence-electron chi connectivity index (χ2n) is 5.98. The molecule has 1 saturated carbocycles. The number of aromatic nitrogens is 2. The first-order chi connectivity index (χ1) is 10.1. The van der Waals surface area contributed by atoms with Crippen molar-refractivity contribution < 1.29 is 4.79 Å². The van der Waals surface area contributed by atoms with Gasteiger partial charge in [-0.05, 0) is 43.4 Å². The summed E-state index contributed by atoms with van der Waals surface area (Å²) in [7, 11) is 0. The van der Waals surface area contributed by atoms with Gasteiger partial charge >= 0.3 is 0 Å². The topological polar surface area (TPSA) is 83.8 Å². The quantitative estimate of drug-likeness (QED) is 0.788. The van der Waals surface area contributed by atoms with Gasteiger partial charge in [-0.1, -0.05) is 12.8 Å². The van der Waals surface area contributed by atoms with Crippen LogP contribution in [-0.2, 0) is 6.54 Å². The minimum atomic E-state index is -0.483. The number of nitrogens with one attached hydrogen (secondary N) is 2. The predicted octanol–water partition coefficient (Wildman–Crippen LogP) is 2.33. The number of carbonyl (C=O) groups is 1. The molecular weight excluding hydrogens is 264 g/mol. The SMILES string of the molecule is C[C@@H](NCc1cc(C(N)=O)nc2cc[nH]c12)C1CCCC1. The van der Waals surface area contributed by atoms with Crippen LogP contribution < -0.4 is 11.1 Å². The van der Waals surface area contributed by atoms with Crippen LogP contribution in [0, 0.1) is 5.92 Å². The number of amides is 1. The van der Waals surface area contributed by atoms with E-state index in [-0.39, 0.29) is 0 Å². The molecule has 4 N–H and O–H groups in total. The zero-order chi connectivity index (χ0) is 14.8. The first-order valence-electron chi connectivity index (χ1n) is 7.65. The molecule has 21 heavy (non-hydrogen) atoms. The standard InChI is InChI=1S/C16H22N4O/c1-10(11-4-2-3-5-11)19-9-12-8-14(16(17)21)20-13-6-7-18-15(12)13/h6-8,10-11,18-19H,2-5,9H2,1H3,(H2,17,21)/t10-/m1/s1. The molecule has 1 aliphatic carbocycles. The first kappa shape index (κ1) is 14.1. The Morgan fingerprint density at radius 1 is 1.52 bits per heavy atom. The Kier molecular flexibility index (Phi) is 3.92. The number of nitrogens with zero attached hydrogens (tertiary/aromatic N) is 1. The highest BCUT2D eigenvalue weighted by Crippen LogP contribution is 2.28. The van der Waals surface area contributed by atoms with E-state index in [1.807, 2.05) is 12.3 Å². The molecule has 3 rings (SSSR count). The van der Waals surface area contributed by atoms with Gasteiger partial charge in [-0.3, -0.25) is 4.79 Å². The normalized spacial score (nSPS) is 17.4. The molecule has 1 fully saturated rings. The van der Waals surface area contributed by atoms with Gasteiger partial charge in [0.2, 0.25) is 0 Å². The van der Waals surface area contributed by atoms with E-state index < -0.39 is 5.91 Å². The first-order valence-corrected chi connectivity index (χ1v) is 7.65. The highest BCUT2D eigenvalue weighted by atomic mass is 16.1. The van der Waals surface area contributed by atoms with Crippen LogP contribution in [-0.4, -0.2) is 21.9 Å². The highest BCUT2D eigenvalue weighted by Gasteiger charge is 2.21. The molecule has 1 amide bonds. The van der Waals surface area contributed by atoms with Crippen LogP contribution in [0.3, 0.4) is 0 Å². The van der Waals surface area contributed by atoms with Crippen LogP contribution in [0.25, 0.3) is 11.0 Å². The third-order valence-electron chi connectivity index (χ3n) is 4.57. The lowest BCUT2D eigenvalue weighted by Crippen LogP contribution is -2.32. The van der Waals surface area contributed by atoms with Crippen molar-refractivity contribution in [3.8, 4) is 0 Å². The molecule has 112 valence electrons. The third-order valence-corrected chi connectivity index (χ3v) is 4.57. The molecule has 2 aromatic heterocycles. The van der Waals surface area contributed by atoms with Crippen LogP contribution in [0.2, 0.25) is 0 Å². The molecule has 5 heteroatoms. The smallest absolute Gasteiger partial charge is 0.267 e. The highest BCUT2D eigenvalue weighted by molar-refractivity contribution is 5.94. The third kappa shape index (κ3) is 2.93. The van der Waals surface area contributed by atoms with Crippen molar-refractivity contribution in [2.75, 3.05) is 0 Å². The number of aromatic amines is 1.